The molecule has 9 aliphatic rings. The molecule has 15 N–H and O–H groups in total. The fourth-order valence-corrected chi connectivity index (χ4v) is 16.8. The van der Waals surface area contributed by atoms with Crippen molar-refractivity contribution in [2.24, 2.45) is 50.2 Å². The Bertz CT molecular complexity index is 2140. The number of ether oxygens (including phenoxy) is 8. The third-order valence-corrected chi connectivity index (χ3v) is 21.4. The van der Waals surface area contributed by atoms with Crippen LogP contribution in [0.3, 0.4) is 0 Å². The molecule has 0 spiro atoms. The van der Waals surface area contributed by atoms with Gasteiger partial charge in [0.1, 0.15) is 97.7 Å². The van der Waals surface area contributed by atoms with Crippen molar-refractivity contribution in [1.82, 2.24) is 0 Å². The summed E-state index contributed by atoms with van der Waals surface area (Å²) in [5, 5.41) is 163. The monoisotopic (exact) mass is 1120 g/mol. The molecule has 5 aliphatic carbocycles. The zero-order valence-corrected chi connectivity index (χ0v) is 45.6. The largest absolute Gasteiger partial charge is 0.481 e. The quantitative estimate of drug-likeness (QED) is 0.0670. The fraction of sp³-hybridized carbons (Fsp3) is 0.944. The maximum absolute atomic E-state index is 13.4. The molecule has 29 atom stereocenters. The van der Waals surface area contributed by atoms with Gasteiger partial charge in [-0.3, -0.25) is 4.79 Å². The highest BCUT2D eigenvalue weighted by Crippen LogP contribution is 2.76. The number of aliphatic hydroxyl groups excluding tert-OH is 14. The Kier molecular flexibility index (Phi) is 17.2. The lowest BCUT2D eigenvalue weighted by Gasteiger charge is -2.72. The van der Waals surface area contributed by atoms with E-state index >= 15 is 0 Å². The third-order valence-electron chi connectivity index (χ3n) is 21.4. The molecule has 448 valence electrons. The van der Waals surface area contributed by atoms with Crippen LogP contribution in [0.4, 0.5) is 0 Å². The molecular weight excluding hydrogens is 1030 g/mol. The van der Waals surface area contributed by atoms with Gasteiger partial charge in [0.25, 0.3) is 0 Å². The average Bonchev–Trinajstić information content (AvgIpc) is 3.43. The van der Waals surface area contributed by atoms with Crippen molar-refractivity contribution in [2.75, 3.05) is 26.4 Å². The van der Waals surface area contributed by atoms with E-state index < -0.39 is 189 Å². The minimum absolute atomic E-state index is 0.0421. The van der Waals surface area contributed by atoms with Crippen molar-refractivity contribution in [3.05, 3.63) is 11.6 Å². The van der Waals surface area contributed by atoms with E-state index in [4.69, 9.17) is 37.9 Å². The van der Waals surface area contributed by atoms with Gasteiger partial charge in [0.15, 0.2) is 25.2 Å². The van der Waals surface area contributed by atoms with Crippen LogP contribution in [0.2, 0.25) is 0 Å². The van der Waals surface area contributed by atoms with Crippen molar-refractivity contribution < 1.29 is 119 Å². The molecular formula is C54H88O24. The van der Waals surface area contributed by atoms with E-state index in [9.17, 15) is 81.4 Å². The maximum atomic E-state index is 13.4. The summed E-state index contributed by atoms with van der Waals surface area (Å²) in [7, 11) is 0. The number of rotatable bonds is 13. The normalized spacial score (nSPS) is 53.9. The van der Waals surface area contributed by atoms with E-state index in [1.807, 2.05) is 13.8 Å². The van der Waals surface area contributed by atoms with Gasteiger partial charge in [-0.25, -0.2) is 0 Å². The third kappa shape index (κ3) is 9.76. The summed E-state index contributed by atoms with van der Waals surface area (Å²) in [6, 6.07) is 0. The first-order valence-corrected chi connectivity index (χ1v) is 27.9. The van der Waals surface area contributed by atoms with Gasteiger partial charge < -0.3 is 114 Å². The SMILES string of the molecule is CC1(C)CC[C@]2(C(=O)O)CC[C@]3(C)C(=CC[C@@H]4[C@@]5(C)C[C@@H](O[C@@H]6O[C@H](CO)[C@@H](O[C@@H]7O[C@H](CO)[C@@H](O)[C@H](O)[C@H]7O)[C@H](O)[C@H]6O)[C@H](O[C@@H]6O[C@H](CO)[C@@H](O[C@@H]7O[C@H](CO)[C@@H](O)[C@H](O)[C@H]7O)[C@H](O)[C@H]6O)C(C)(C)[C@@H]5CC[C@]43C)[C@@H]2C1. The van der Waals surface area contributed by atoms with Gasteiger partial charge >= 0.3 is 5.97 Å². The molecule has 0 bridgehead atoms. The highest BCUT2D eigenvalue weighted by atomic mass is 16.8. The molecule has 4 aliphatic heterocycles. The number of aliphatic hydroxyl groups is 14. The first-order valence-electron chi connectivity index (χ1n) is 27.9. The number of hydrogen-bond donors (Lipinski definition) is 15. The van der Waals surface area contributed by atoms with Crippen LogP contribution in [0.25, 0.3) is 0 Å². The molecule has 24 heteroatoms. The minimum Gasteiger partial charge on any atom is -0.481 e. The molecule has 0 radical (unpaired) electrons. The zero-order chi connectivity index (χ0) is 57.1. The second kappa shape index (κ2) is 22.1. The van der Waals surface area contributed by atoms with Crippen molar-refractivity contribution in [3.8, 4) is 0 Å². The first kappa shape index (κ1) is 60.9. The number of fused-ring (bicyclic) bond motifs is 7. The molecule has 0 unspecified atom stereocenters. The van der Waals surface area contributed by atoms with Crippen LogP contribution in [0, 0.1) is 50.2 Å². The fourth-order valence-electron chi connectivity index (χ4n) is 16.8. The van der Waals surface area contributed by atoms with E-state index in [0.717, 1.165) is 19.3 Å². The molecule has 0 aromatic carbocycles. The van der Waals surface area contributed by atoms with Gasteiger partial charge in [-0.05, 0) is 103 Å². The van der Waals surface area contributed by atoms with Gasteiger partial charge in [-0.15, -0.1) is 0 Å². The number of allylic oxidation sites excluding steroid dienone is 2. The summed E-state index contributed by atoms with van der Waals surface area (Å²) in [4.78, 5) is 13.4. The van der Waals surface area contributed by atoms with Crippen LogP contribution < -0.4 is 0 Å². The Morgan fingerprint density at radius 1 is 0.526 bits per heavy atom. The predicted octanol–water partition coefficient (Wildman–Crippen LogP) is -2.50. The molecule has 78 heavy (non-hydrogen) atoms. The van der Waals surface area contributed by atoms with Gasteiger partial charge in [0.2, 0.25) is 0 Å². The van der Waals surface area contributed by atoms with Crippen LogP contribution in [0.5, 0.6) is 0 Å². The molecule has 0 aromatic heterocycles. The van der Waals surface area contributed by atoms with Crippen LogP contribution in [0.15, 0.2) is 11.6 Å². The summed E-state index contributed by atoms with van der Waals surface area (Å²) in [5.41, 5.74) is -2.03. The molecule has 0 amide bonds. The summed E-state index contributed by atoms with van der Waals surface area (Å²) in [6.45, 7) is 12.0. The minimum atomic E-state index is -1.94. The van der Waals surface area contributed by atoms with E-state index in [1.165, 1.54) is 5.57 Å². The number of carboxylic acids is 1. The highest BCUT2D eigenvalue weighted by Gasteiger charge is 2.71. The Morgan fingerprint density at radius 2 is 0.974 bits per heavy atom. The highest BCUT2D eigenvalue weighted by molar-refractivity contribution is 5.76. The molecule has 9 rings (SSSR count). The van der Waals surface area contributed by atoms with Crippen LogP contribution in [0.1, 0.15) is 106 Å². The van der Waals surface area contributed by atoms with Crippen molar-refractivity contribution in [1.29, 1.82) is 0 Å². The number of carbonyl (C=O) groups is 1. The number of aliphatic carboxylic acids is 1. The van der Waals surface area contributed by atoms with Crippen molar-refractivity contribution in [3.63, 3.8) is 0 Å². The van der Waals surface area contributed by atoms with Crippen molar-refractivity contribution >= 4 is 5.97 Å². The molecule has 0 aromatic rings. The lowest BCUT2D eigenvalue weighted by Crippen LogP contribution is -2.70. The van der Waals surface area contributed by atoms with E-state index in [-0.39, 0.29) is 35.0 Å². The maximum Gasteiger partial charge on any atom is 0.310 e. The standard InChI is InChI=1S/C54H88O24/c1-49(2)12-14-54(48(69)70)15-13-52(6)22(23(54)16-49)8-9-30-51(5)17-24(71-44-39(67)35(63)41(27(20-57)74-44)76-45-37(65)33(61)31(59)25(18-55)72-45)43(50(3,4)29(51)10-11-53(30,52)7)78-47-40(68)36(64)42(28(21-58)75-47)77-46-38(66)34(62)32(60)26(19-56)73-46/h8,23-47,55-68H,9-21H2,1-7H3,(H,69,70)/t23-,24+,25+,26+,27+,28+,29-,30+,31+,32+,33-,34-,35+,36+,37+,38+,39+,40+,41+,42+,43-,44+,45-,46-,47-,51-,52+,53+,54-/m0/s1. The molecule has 4 saturated heterocycles. The lowest BCUT2D eigenvalue weighted by molar-refractivity contribution is -0.388. The molecule has 24 nitrogen and oxygen atoms in total. The van der Waals surface area contributed by atoms with E-state index in [0.29, 0.717) is 32.1 Å². The summed E-state index contributed by atoms with van der Waals surface area (Å²) in [5.74, 6) is -1.10. The topological polar surface area (TPSA) is 394 Å². The second-order valence-corrected chi connectivity index (χ2v) is 26.4. The number of carboxylic acid groups (broad SMARTS) is 1. The van der Waals surface area contributed by atoms with Gasteiger partial charge in [0.05, 0.1) is 44.1 Å². The lowest BCUT2D eigenvalue weighted by atomic mass is 9.33. The van der Waals surface area contributed by atoms with Crippen LogP contribution in [-0.4, -0.2) is 244 Å². The molecule has 4 heterocycles. The summed E-state index contributed by atoms with van der Waals surface area (Å²) in [6.07, 6.45) is -28.9. The van der Waals surface area contributed by atoms with E-state index in [2.05, 4.69) is 40.7 Å². The predicted molar refractivity (Wildman–Crippen MR) is 265 cm³/mol. The molecule has 4 saturated carbocycles. The van der Waals surface area contributed by atoms with Crippen LogP contribution in [-0.2, 0) is 42.7 Å². The second-order valence-electron chi connectivity index (χ2n) is 26.4. The van der Waals surface area contributed by atoms with Crippen molar-refractivity contribution in [2.45, 2.75) is 241 Å². The van der Waals surface area contributed by atoms with E-state index in [1.54, 1.807) is 0 Å². The van der Waals surface area contributed by atoms with Crippen LogP contribution >= 0.6 is 0 Å². The molecule has 8 fully saturated rings. The Labute approximate surface area is 453 Å². The Morgan fingerprint density at radius 3 is 1.46 bits per heavy atom. The van der Waals surface area contributed by atoms with Gasteiger partial charge in [-0.1, -0.05) is 60.1 Å². The number of hydrogen-bond acceptors (Lipinski definition) is 23. The Balaban J connectivity index is 1.04. The smallest absolute Gasteiger partial charge is 0.310 e. The van der Waals surface area contributed by atoms with Gasteiger partial charge in [0, 0.05) is 0 Å². The van der Waals surface area contributed by atoms with Gasteiger partial charge in [-0.2, -0.15) is 0 Å². The summed E-state index contributed by atoms with van der Waals surface area (Å²) >= 11 is 0. The summed E-state index contributed by atoms with van der Waals surface area (Å²) < 4.78 is 48.8. The average molecular weight is 1120 g/mol. The first-order chi connectivity index (χ1) is 36.5. The zero-order valence-electron chi connectivity index (χ0n) is 45.6. The Hall–Kier alpha value is -1.67.